The number of anilines is 1. The number of hydrogen-bond acceptors (Lipinski definition) is 4. The predicted molar refractivity (Wildman–Crippen MR) is 70.7 cm³/mol. The molecule has 0 fully saturated rings. The molecule has 1 aromatic heterocycles. The Kier molecular flexibility index (Phi) is 4.61. The summed E-state index contributed by atoms with van der Waals surface area (Å²) in [5, 5.41) is 0. The largest absolute Gasteiger partial charge is 0.388 e. The Bertz CT molecular complexity index is 367. The predicted octanol–water partition coefficient (Wildman–Crippen LogP) is 1.74. The monoisotopic (exact) mass is 238 g/mol. The molecule has 2 N–H and O–H groups in total. The maximum Gasteiger partial charge on any atom is 0.157 e. The molecule has 1 atom stereocenters. The van der Waals surface area contributed by atoms with Crippen LogP contribution >= 0.6 is 12.2 Å². The number of nitrogens with zero attached hydrogens (tertiary/aromatic N) is 3. The average molecular weight is 238 g/mol. The molecule has 1 heterocycles. The molecule has 0 radical (unpaired) electrons. The van der Waals surface area contributed by atoms with E-state index in [0.717, 1.165) is 18.8 Å². The van der Waals surface area contributed by atoms with Crippen LogP contribution in [-0.2, 0) is 0 Å². The first kappa shape index (κ1) is 12.8. The van der Waals surface area contributed by atoms with E-state index in [4.69, 9.17) is 18.0 Å². The summed E-state index contributed by atoms with van der Waals surface area (Å²) in [6.07, 6.45) is 4.33. The second kappa shape index (κ2) is 5.75. The van der Waals surface area contributed by atoms with Crippen LogP contribution in [-0.4, -0.2) is 27.5 Å². The summed E-state index contributed by atoms with van der Waals surface area (Å²) in [7, 11) is 0. The third-order valence-corrected chi connectivity index (χ3v) is 2.84. The molecule has 5 heteroatoms. The Balaban J connectivity index is 3.14. The van der Waals surface area contributed by atoms with Gasteiger partial charge in [0.25, 0.3) is 0 Å². The van der Waals surface area contributed by atoms with E-state index in [1.807, 2.05) is 0 Å². The fraction of sp³-hybridized carbons (Fsp3) is 0.545. The lowest BCUT2D eigenvalue weighted by Gasteiger charge is -2.29. The fourth-order valence-electron chi connectivity index (χ4n) is 1.61. The second-order valence-electron chi connectivity index (χ2n) is 3.64. The van der Waals surface area contributed by atoms with E-state index in [-0.39, 0.29) is 0 Å². The van der Waals surface area contributed by atoms with Gasteiger partial charge in [0.05, 0.1) is 0 Å². The van der Waals surface area contributed by atoms with Crippen LogP contribution < -0.4 is 10.6 Å². The SMILES string of the molecule is CCC(C)N(CC)c1nccnc1C(N)=S. The number of thiocarbonyl (C=S) groups is 1. The number of aromatic nitrogens is 2. The molecule has 4 nitrogen and oxygen atoms in total. The van der Waals surface area contributed by atoms with Crippen molar-refractivity contribution in [3.05, 3.63) is 18.1 Å². The highest BCUT2D eigenvalue weighted by Gasteiger charge is 2.17. The van der Waals surface area contributed by atoms with Crippen molar-refractivity contribution in [2.45, 2.75) is 33.2 Å². The summed E-state index contributed by atoms with van der Waals surface area (Å²) in [4.78, 5) is 11.0. The number of nitrogens with two attached hydrogens (primary N) is 1. The van der Waals surface area contributed by atoms with Crippen molar-refractivity contribution >= 4 is 23.0 Å². The maximum absolute atomic E-state index is 5.65. The molecule has 1 rings (SSSR count). The van der Waals surface area contributed by atoms with Gasteiger partial charge in [-0.3, -0.25) is 0 Å². The summed E-state index contributed by atoms with van der Waals surface area (Å²) in [5.41, 5.74) is 6.26. The van der Waals surface area contributed by atoms with Gasteiger partial charge in [-0.2, -0.15) is 0 Å². The van der Waals surface area contributed by atoms with Crippen molar-refractivity contribution in [1.29, 1.82) is 0 Å². The number of hydrogen-bond donors (Lipinski definition) is 1. The molecule has 1 aromatic rings. The van der Waals surface area contributed by atoms with E-state index < -0.39 is 0 Å². The van der Waals surface area contributed by atoms with Gasteiger partial charge >= 0.3 is 0 Å². The molecular weight excluding hydrogens is 220 g/mol. The minimum Gasteiger partial charge on any atom is -0.388 e. The highest BCUT2D eigenvalue weighted by atomic mass is 32.1. The van der Waals surface area contributed by atoms with Gasteiger partial charge in [-0.25, -0.2) is 9.97 Å². The number of rotatable bonds is 5. The first-order valence-corrected chi connectivity index (χ1v) is 5.90. The molecule has 0 aliphatic carbocycles. The molecule has 1 unspecified atom stereocenters. The molecule has 0 bridgehead atoms. The van der Waals surface area contributed by atoms with Crippen molar-refractivity contribution < 1.29 is 0 Å². The minimum atomic E-state index is 0.296. The van der Waals surface area contributed by atoms with Gasteiger partial charge in [0, 0.05) is 25.0 Å². The van der Waals surface area contributed by atoms with E-state index in [9.17, 15) is 0 Å². The molecule has 0 aliphatic rings. The molecule has 0 saturated heterocycles. The third kappa shape index (κ3) is 2.66. The van der Waals surface area contributed by atoms with Crippen molar-refractivity contribution in [1.82, 2.24) is 9.97 Å². The third-order valence-electron chi connectivity index (χ3n) is 2.65. The lowest BCUT2D eigenvalue weighted by molar-refractivity contribution is 0.621. The maximum atomic E-state index is 5.65. The van der Waals surface area contributed by atoms with Gasteiger partial charge in [-0.15, -0.1) is 0 Å². The van der Waals surface area contributed by atoms with Crippen LogP contribution in [0.4, 0.5) is 5.82 Å². The van der Waals surface area contributed by atoms with E-state index in [0.29, 0.717) is 16.7 Å². The van der Waals surface area contributed by atoms with Gasteiger partial charge < -0.3 is 10.6 Å². The van der Waals surface area contributed by atoms with E-state index in [2.05, 4.69) is 35.6 Å². The Hall–Kier alpha value is -1.23. The van der Waals surface area contributed by atoms with Crippen LogP contribution in [0.25, 0.3) is 0 Å². The van der Waals surface area contributed by atoms with Gasteiger partial charge in [-0.05, 0) is 20.3 Å². The van der Waals surface area contributed by atoms with Crippen LogP contribution in [0.5, 0.6) is 0 Å². The summed E-state index contributed by atoms with van der Waals surface area (Å²) < 4.78 is 0. The van der Waals surface area contributed by atoms with Gasteiger partial charge in [0.1, 0.15) is 10.7 Å². The second-order valence-corrected chi connectivity index (χ2v) is 4.08. The highest BCUT2D eigenvalue weighted by molar-refractivity contribution is 7.80. The average Bonchev–Trinajstić information content (AvgIpc) is 2.30. The topological polar surface area (TPSA) is 55.0 Å². The summed E-state index contributed by atoms with van der Waals surface area (Å²) in [6, 6.07) is 0.398. The van der Waals surface area contributed by atoms with Crippen LogP contribution in [0.15, 0.2) is 12.4 Å². The van der Waals surface area contributed by atoms with Crippen molar-refractivity contribution in [2.24, 2.45) is 5.73 Å². The smallest absolute Gasteiger partial charge is 0.157 e. The van der Waals surface area contributed by atoms with Crippen LogP contribution in [0.1, 0.15) is 32.9 Å². The lowest BCUT2D eigenvalue weighted by Crippen LogP contribution is -2.35. The molecule has 88 valence electrons. The molecule has 0 spiro atoms. The quantitative estimate of drug-likeness (QED) is 0.792. The Morgan fingerprint density at radius 1 is 1.44 bits per heavy atom. The van der Waals surface area contributed by atoms with E-state index in [1.165, 1.54) is 0 Å². The first-order chi connectivity index (χ1) is 7.61. The normalized spacial score (nSPS) is 12.2. The zero-order valence-corrected chi connectivity index (χ0v) is 10.8. The molecule has 0 amide bonds. The van der Waals surface area contributed by atoms with Crippen molar-refractivity contribution in [3.63, 3.8) is 0 Å². The molecule has 0 aromatic carbocycles. The Morgan fingerprint density at radius 3 is 2.56 bits per heavy atom. The van der Waals surface area contributed by atoms with Crippen molar-refractivity contribution in [3.8, 4) is 0 Å². The summed E-state index contributed by atoms with van der Waals surface area (Å²) >= 11 is 4.99. The van der Waals surface area contributed by atoms with Crippen LogP contribution in [0, 0.1) is 0 Å². The Labute approximate surface area is 102 Å². The molecule has 16 heavy (non-hydrogen) atoms. The summed E-state index contributed by atoms with van der Waals surface area (Å²) in [6.45, 7) is 7.25. The minimum absolute atomic E-state index is 0.296. The zero-order chi connectivity index (χ0) is 12.1. The fourth-order valence-corrected chi connectivity index (χ4v) is 1.75. The van der Waals surface area contributed by atoms with Crippen molar-refractivity contribution in [2.75, 3.05) is 11.4 Å². The van der Waals surface area contributed by atoms with Crippen LogP contribution in [0.2, 0.25) is 0 Å². The molecular formula is C11H18N4S. The Morgan fingerprint density at radius 2 is 2.06 bits per heavy atom. The highest BCUT2D eigenvalue weighted by Crippen LogP contribution is 2.18. The van der Waals surface area contributed by atoms with E-state index in [1.54, 1.807) is 12.4 Å². The zero-order valence-electron chi connectivity index (χ0n) is 9.97. The van der Waals surface area contributed by atoms with Crippen LogP contribution in [0.3, 0.4) is 0 Å². The van der Waals surface area contributed by atoms with E-state index >= 15 is 0 Å². The first-order valence-electron chi connectivity index (χ1n) is 5.49. The van der Waals surface area contributed by atoms with Gasteiger partial charge in [0.2, 0.25) is 0 Å². The summed E-state index contributed by atoms with van der Waals surface area (Å²) in [5.74, 6) is 0.784. The van der Waals surface area contributed by atoms with Gasteiger partial charge in [-0.1, -0.05) is 19.1 Å². The van der Waals surface area contributed by atoms with Gasteiger partial charge in [0.15, 0.2) is 5.82 Å². The standard InChI is InChI=1S/C11H18N4S/c1-4-8(3)15(5-2)11-9(10(12)16)13-6-7-14-11/h6-8H,4-5H2,1-3H3,(H2,12,16). The molecule has 0 aliphatic heterocycles. The molecule has 0 saturated carbocycles. The lowest BCUT2D eigenvalue weighted by atomic mass is 10.2.